The fourth-order valence-electron chi connectivity index (χ4n) is 4.33. The Kier molecular flexibility index (Phi) is 5.66. The van der Waals surface area contributed by atoms with Gasteiger partial charge in [-0.1, -0.05) is 6.07 Å². The van der Waals surface area contributed by atoms with Crippen LogP contribution in [0.1, 0.15) is 37.7 Å². The van der Waals surface area contributed by atoms with Gasteiger partial charge in [-0.05, 0) is 68.5 Å². The molecule has 28 heavy (non-hydrogen) atoms. The number of nitrogens with zero attached hydrogens (tertiary/aromatic N) is 3. The van der Waals surface area contributed by atoms with Gasteiger partial charge < -0.3 is 15.1 Å². The number of anilines is 3. The summed E-state index contributed by atoms with van der Waals surface area (Å²) in [6.07, 6.45) is 5.85. The van der Waals surface area contributed by atoms with Crippen LogP contribution in [-0.4, -0.2) is 32.2 Å². The van der Waals surface area contributed by atoms with E-state index in [2.05, 4.69) is 27.3 Å². The van der Waals surface area contributed by atoms with Crippen molar-refractivity contribution >= 4 is 17.1 Å². The van der Waals surface area contributed by atoms with E-state index in [1.54, 1.807) is 12.1 Å². The van der Waals surface area contributed by atoms with Gasteiger partial charge in [0.25, 0.3) is 0 Å². The Balaban J connectivity index is 1.49. The molecule has 2 heterocycles. The maximum absolute atomic E-state index is 13.6. The van der Waals surface area contributed by atoms with E-state index in [1.165, 1.54) is 25.3 Å². The third kappa shape index (κ3) is 4.39. The first kappa shape index (κ1) is 18.6. The summed E-state index contributed by atoms with van der Waals surface area (Å²) in [6.45, 7) is 3.90. The molecule has 2 saturated heterocycles. The van der Waals surface area contributed by atoms with Crippen LogP contribution in [0.15, 0.2) is 42.5 Å². The molecule has 146 valence electrons. The Morgan fingerprint density at radius 1 is 0.929 bits per heavy atom. The largest absolute Gasteiger partial charge is 0.380 e. The SMILES string of the molecule is N#Cc1cc(N[C@@H]2CCCN(c3cccc(F)c3)C2)cc(N2CCCCC2)c1. The molecule has 4 rings (SSSR count). The average Bonchev–Trinajstić information content (AvgIpc) is 2.74. The Labute approximate surface area is 166 Å². The first-order valence-corrected chi connectivity index (χ1v) is 10.3. The van der Waals surface area contributed by atoms with E-state index in [1.807, 2.05) is 18.2 Å². The van der Waals surface area contributed by atoms with Gasteiger partial charge >= 0.3 is 0 Å². The number of hydrogen-bond acceptors (Lipinski definition) is 4. The molecule has 0 aliphatic carbocycles. The molecule has 1 atom stereocenters. The van der Waals surface area contributed by atoms with Crippen LogP contribution >= 0.6 is 0 Å². The second kappa shape index (κ2) is 8.52. The first-order valence-electron chi connectivity index (χ1n) is 10.3. The van der Waals surface area contributed by atoms with Gasteiger partial charge in [0.1, 0.15) is 5.82 Å². The molecule has 5 heteroatoms. The summed E-state index contributed by atoms with van der Waals surface area (Å²) >= 11 is 0. The maximum Gasteiger partial charge on any atom is 0.125 e. The van der Waals surface area contributed by atoms with Crippen LogP contribution in [0.5, 0.6) is 0 Å². The van der Waals surface area contributed by atoms with Gasteiger partial charge in [-0.25, -0.2) is 4.39 Å². The Morgan fingerprint density at radius 3 is 2.54 bits per heavy atom. The van der Waals surface area contributed by atoms with Crippen molar-refractivity contribution in [3.63, 3.8) is 0 Å². The average molecular weight is 378 g/mol. The second-order valence-electron chi connectivity index (χ2n) is 7.84. The van der Waals surface area contributed by atoms with Crippen LogP contribution in [0.4, 0.5) is 21.5 Å². The normalized spacial score (nSPS) is 19.9. The van der Waals surface area contributed by atoms with Crippen molar-refractivity contribution in [3.05, 3.63) is 53.8 Å². The van der Waals surface area contributed by atoms with Gasteiger partial charge in [0, 0.05) is 49.3 Å². The van der Waals surface area contributed by atoms with E-state index >= 15 is 0 Å². The van der Waals surface area contributed by atoms with Crippen LogP contribution < -0.4 is 15.1 Å². The number of rotatable bonds is 4. The molecule has 0 aromatic heterocycles. The van der Waals surface area contributed by atoms with Crippen molar-refractivity contribution in [1.82, 2.24) is 0 Å². The molecule has 1 N–H and O–H groups in total. The third-order valence-corrected chi connectivity index (χ3v) is 5.73. The van der Waals surface area contributed by atoms with E-state index in [4.69, 9.17) is 0 Å². The molecule has 0 radical (unpaired) electrons. The second-order valence-corrected chi connectivity index (χ2v) is 7.84. The smallest absolute Gasteiger partial charge is 0.125 e. The fraction of sp³-hybridized carbons (Fsp3) is 0.435. The molecule has 0 spiro atoms. The summed E-state index contributed by atoms with van der Waals surface area (Å²) in [6, 6.07) is 15.5. The van der Waals surface area contributed by atoms with E-state index in [0.717, 1.165) is 56.1 Å². The topological polar surface area (TPSA) is 42.3 Å². The van der Waals surface area contributed by atoms with Crippen LogP contribution in [0.3, 0.4) is 0 Å². The minimum absolute atomic E-state index is 0.194. The zero-order valence-corrected chi connectivity index (χ0v) is 16.2. The van der Waals surface area contributed by atoms with Gasteiger partial charge in [-0.15, -0.1) is 0 Å². The molecular formula is C23H27FN4. The molecule has 2 fully saturated rings. The molecule has 4 nitrogen and oxygen atoms in total. The van der Waals surface area contributed by atoms with E-state index < -0.39 is 0 Å². The summed E-state index contributed by atoms with van der Waals surface area (Å²) < 4.78 is 13.6. The van der Waals surface area contributed by atoms with Gasteiger partial charge in [0.15, 0.2) is 0 Å². The molecule has 0 saturated carbocycles. The Hall–Kier alpha value is -2.74. The van der Waals surface area contributed by atoms with Crippen molar-refractivity contribution in [2.45, 2.75) is 38.1 Å². The van der Waals surface area contributed by atoms with Crippen molar-refractivity contribution in [1.29, 1.82) is 5.26 Å². The van der Waals surface area contributed by atoms with E-state index in [0.29, 0.717) is 5.56 Å². The van der Waals surface area contributed by atoms with Crippen LogP contribution in [0, 0.1) is 17.1 Å². The predicted molar refractivity (Wildman–Crippen MR) is 112 cm³/mol. The van der Waals surface area contributed by atoms with Crippen molar-refractivity contribution in [2.24, 2.45) is 0 Å². The highest BCUT2D eigenvalue weighted by Gasteiger charge is 2.21. The van der Waals surface area contributed by atoms with Crippen molar-refractivity contribution in [2.75, 3.05) is 41.3 Å². The molecule has 2 aromatic carbocycles. The standard InChI is InChI=1S/C23H27FN4/c24-19-6-4-8-22(14-19)28-11-5-7-20(17-28)26-21-12-18(16-25)13-23(15-21)27-9-2-1-3-10-27/h4,6,8,12-15,20,26H,1-3,5,7,9-11,17H2/t20-/m1/s1. The molecule has 2 aromatic rings. The van der Waals surface area contributed by atoms with Gasteiger partial charge in [-0.2, -0.15) is 5.26 Å². The van der Waals surface area contributed by atoms with Crippen LogP contribution in [0.2, 0.25) is 0 Å². The highest BCUT2D eigenvalue weighted by Crippen LogP contribution is 2.27. The number of halogens is 1. The molecule has 2 aliphatic rings. The first-order chi connectivity index (χ1) is 13.7. The van der Waals surface area contributed by atoms with Crippen LogP contribution in [-0.2, 0) is 0 Å². The lowest BCUT2D eigenvalue weighted by atomic mass is 10.0. The zero-order chi connectivity index (χ0) is 19.3. The summed E-state index contributed by atoms with van der Waals surface area (Å²) in [5.41, 5.74) is 3.78. The summed E-state index contributed by atoms with van der Waals surface area (Å²) in [5, 5.41) is 13.1. The summed E-state index contributed by atoms with van der Waals surface area (Å²) in [4.78, 5) is 4.62. The number of benzene rings is 2. The molecule has 0 bridgehead atoms. The number of nitriles is 1. The zero-order valence-electron chi connectivity index (χ0n) is 16.2. The van der Waals surface area contributed by atoms with E-state index in [9.17, 15) is 9.65 Å². The van der Waals surface area contributed by atoms with Crippen molar-refractivity contribution in [3.8, 4) is 6.07 Å². The lowest BCUT2D eigenvalue weighted by molar-refractivity contribution is 0.528. The predicted octanol–water partition coefficient (Wildman–Crippen LogP) is 4.77. The molecule has 2 aliphatic heterocycles. The molecular weight excluding hydrogens is 351 g/mol. The lowest BCUT2D eigenvalue weighted by Gasteiger charge is -2.35. The third-order valence-electron chi connectivity index (χ3n) is 5.73. The lowest BCUT2D eigenvalue weighted by Crippen LogP contribution is -2.42. The number of nitrogens with one attached hydrogen (secondary N) is 1. The van der Waals surface area contributed by atoms with Gasteiger partial charge in [0.2, 0.25) is 0 Å². The monoisotopic (exact) mass is 378 g/mol. The molecule has 0 amide bonds. The Bertz CT molecular complexity index is 854. The van der Waals surface area contributed by atoms with E-state index in [-0.39, 0.29) is 11.9 Å². The number of piperidine rings is 2. The Morgan fingerprint density at radius 2 is 1.75 bits per heavy atom. The number of hydrogen-bond donors (Lipinski definition) is 1. The molecule has 0 unspecified atom stereocenters. The quantitative estimate of drug-likeness (QED) is 0.832. The minimum atomic E-state index is -0.194. The highest BCUT2D eigenvalue weighted by molar-refractivity contribution is 5.63. The van der Waals surface area contributed by atoms with Gasteiger partial charge in [-0.3, -0.25) is 0 Å². The summed E-state index contributed by atoms with van der Waals surface area (Å²) in [5.74, 6) is -0.194. The highest BCUT2D eigenvalue weighted by atomic mass is 19.1. The maximum atomic E-state index is 13.6. The van der Waals surface area contributed by atoms with Gasteiger partial charge in [0.05, 0.1) is 11.6 Å². The fourth-order valence-corrected chi connectivity index (χ4v) is 4.33. The summed E-state index contributed by atoms with van der Waals surface area (Å²) in [7, 11) is 0. The minimum Gasteiger partial charge on any atom is -0.380 e. The van der Waals surface area contributed by atoms with Crippen molar-refractivity contribution < 1.29 is 4.39 Å². The van der Waals surface area contributed by atoms with Crippen LogP contribution in [0.25, 0.3) is 0 Å².